The van der Waals surface area contributed by atoms with E-state index in [4.69, 9.17) is 0 Å². The van der Waals surface area contributed by atoms with E-state index in [0.717, 1.165) is 12.6 Å². The number of fused-ring (bicyclic) bond motifs is 2. The van der Waals surface area contributed by atoms with Crippen molar-refractivity contribution in [3.8, 4) is 0 Å². The number of hydrogen-bond acceptors (Lipinski definition) is 1. The minimum Gasteiger partial charge on any atom is -0.289 e. The first-order valence-electron chi connectivity index (χ1n) is 5.90. The molecule has 0 N–H and O–H groups in total. The van der Waals surface area contributed by atoms with Crippen molar-refractivity contribution in [1.29, 1.82) is 0 Å². The standard InChI is InChI=1S/C14H17N/c1-2-5-12(6-3-1)11-15-13-7-4-8-14(15)10-9-13/h1-7,13-14H,8-11H2/t13-,14+/m0/s1. The first kappa shape index (κ1) is 9.17. The van der Waals surface area contributed by atoms with Gasteiger partial charge in [-0.05, 0) is 24.8 Å². The molecule has 0 unspecified atom stereocenters. The number of rotatable bonds is 2. The third-order valence-corrected chi connectivity index (χ3v) is 3.67. The lowest BCUT2D eigenvalue weighted by atomic mass is 10.1. The van der Waals surface area contributed by atoms with Gasteiger partial charge < -0.3 is 0 Å². The summed E-state index contributed by atoms with van der Waals surface area (Å²) in [6.45, 7) is 1.13. The van der Waals surface area contributed by atoms with E-state index in [1.807, 2.05) is 0 Å². The van der Waals surface area contributed by atoms with Gasteiger partial charge in [-0.25, -0.2) is 0 Å². The van der Waals surface area contributed by atoms with E-state index in [1.54, 1.807) is 0 Å². The Kier molecular flexibility index (Phi) is 2.34. The summed E-state index contributed by atoms with van der Waals surface area (Å²) >= 11 is 0. The zero-order chi connectivity index (χ0) is 10.1. The second kappa shape index (κ2) is 3.82. The summed E-state index contributed by atoms with van der Waals surface area (Å²) in [5.74, 6) is 0. The van der Waals surface area contributed by atoms with Crippen LogP contribution in [0.3, 0.4) is 0 Å². The third kappa shape index (κ3) is 1.72. The van der Waals surface area contributed by atoms with Crippen molar-refractivity contribution in [1.82, 2.24) is 4.90 Å². The third-order valence-electron chi connectivity index (χ3n) is 3.67. The van der Waals surface area contributed by atoms with Crippen molar-refractivity contribution in [2.45, 2.75) is 37.9 Å². The van der Waals surface area contributed by atoms with Gasteiger partial charge in [-0.2, -0.15) is 0 Å². The molecule has 3 rings (SSSR count). The normalized spacial score (nSPS) is 29.6. The lowest BCUT2D eigenvalue weighted by molar-refractivity contribution is 0.200. The fraction of sp³-hybridized carbons (Fsp3) is 0.429. The van der Waals surface area contributed by atoms with Crippen LogP contribution in [0.25, 0.3) is 0 Å². The van der Waals surface area contributed by atoms with Crippen LogP contribution in [0.2, 0.25) is 0 Å². The summed E-state index contributed by atoms with van der Waals surface area (Å²) in [5.41, 5.74) is 1.45. The first-order valence-corrected chi connectivity index (χ1v) is 5.90. The molecular weight excluding hydrogens is 182 g/mol. The van der Waals surface area contributed by atoms with Crippen molar-refractivity contribution in [2.75, 3.05) is 0 Å². The molecule has 1 nitrogen and oxygen atoms in total. The molecule has 2 atom stereocenters. The molecule has 0 saturated carbocycles. The lowest BCUT2D eigenvalue weighted by Crippen LogP contribution is -2.36. The highest BCUT2D eigenvalue weighted by molar-refractivity contribution is 5.17. The average Bonchev–Trinajstić information content (AvgIpc) is 2.53. The van der Waals surface area contributed by atoms with Gasteiger partial charge in [0.2, 0.25) is 0 Å². The van der Waals surface area contributed by atoms with Crippen LogP contribution in [0.5, 0.6) is 0 Å². The quantitative estimate of drug-likeness (QED) is 0.662. The summed E-state index contributed by atoms with van der Waals surface area (Å²) in [5, 5.41) is 0. The maximum absolute atomic E-state index is 2.66. The Balaban J connectivity index is 1.77. The largest absolute Gasteiger partial charge is 0.289 e. The van der Waals surface area contributed by atoms with Crippen LogP contribution in [-0.4, -0.2) is 17.0 Å². The van der Waals surface area contributed by atoms with Gasteiger partial charge in [0, 0.05) is 18.6 Å². The van der Waals surface area contributed by atoms with E-state index in [1.165, 1.54) is 24.8 Å². The second-order valence-electron chi connectivity index (χ2n) is 4.62. The number of hydrogen-bond donors (Lipinski definition) is 0. The molecule has 0 radical (unpaired) electrons. The Morgan fingerprint density at radius 1 is 1.13 bits per heavy atom. The van der Waals surface area contributed by atoms with Gasteiger partial charge in [0.25, 0.3) is 0 Å². The molecule has 1 saturated heterocycles. The molecule has 78 valence electrons. The van der Waals surface area contributed by atoms with Gasteiger partial charge in [0.05, 0.1) is 0 Å². The molecule has 0 amide bonds. The summed E-state index contributed by atoms with van der Waals surface area (Å²) in [6.07, 6.45) is 8.75. The van der Waals surface area contributed by atoms with Crippen LogP contribution in [0.1, 0.15) is 24.8 Å². The van der Waals surface area contributed by atoms with Gasteiger partial charge in [0.15, 0.2) is 0 Å². The predicted octanol–water partition coefficient (Wildman–Crippen LogP) is 2.98. The van der Waals surface area contributed by atoms with Crippen LogP contribution in [-0.2, 0) is 6.54 Å². The Morgan fingerprint density at radius 3 is 2.80 bits per heavy atom. The van der Waals surface area contributed by atoms with Gasteiger partial charge in [-0.3, -0.25) is 4.90 Å². The zero-order valence-electron chi connectivity index (χ0n) is 8.97. The molecule has 2 bridgehead atoms. The Bertz CT molecular complexity index is 355. The van der Waals surface area contributed by atoms with Gasteiger partial charge in [0.1, 0.15) is 0 Å². The molecule has 0 aliphatic carbocycles. The summed E-state index contributed by atoms with van der Waals surface area (Å²) in [6, 6.07) is 12.3. The zero-order valence-corrected chi connectivity index (χ0v) is 8.97. The molecule has 1 aromatic rings. The average molecular weight is 199 g/mol. The first-order chi connectivity index (χ1) is 7.43. The fourth-order valence-electron chi connectivity index (χ4n) is 2.86. The van der Waals surface area contributed by atoms with Crippen LogP contribution >= 0.6 is 0 Å². The van der Waals surface area contributed by atoms with Crippen molar-refractivity contribution >= 4 is 0 Å². The monoisotopic (exact) mass is 199 g/mol. The van der Waals surface area contributed by atoms with Gasteiger partial charge in [-0.1, -0.05) is 42.5 Å². The molecule has 15 heavy (non-hydrogen) atoms. The Hall–Kier alpha value is -1.08. The Morgan fingerprint density at radius 2 is 2.00 bits per heavy atom. The minimum absolute atomic E-state index is 0.712. The van der Waals surface area contributed by atoms with E-state index in [0.29, 0.717) is 6.04 Å². The molecule has 2 aliphatic heterocycles. The number of benzene rings is 1. The molecule has 1 heteroatoms. The highest BCUT2D eigenvalue weighted by atomic mass is 15.2. The predicted molar refractivity (Wildman–Crippen MR) is 62.6 cm³/mol. The van der Waals surface area contributed by atoms with E-state index >= 15 is 0 Å². The van der Waals surface area contributed by atoms with Crippen molar-refractivity contribution in [2.24, 2.45) is 0 Å². The summed E-state index contributed by atoms with van der Waals surface area (Å²) in [4.78, 5) is 2.66. The molecule has 2 heterocycles. The van der Waals surface area contributed by atoms with Crippen LogP contribution in [0.4, 0.5) is 0 Å². The molecule has 2 aliphatic rings. The topological polar surface area (TPSA) is 3.24 Å². The van der Waals surface area contributed by atoms with Crippen molar-refractivity contribution < 1.29 is 0 Å². The van der Waals surface area contributed by atoms with Crippen LogP contribution in [0, 0.1) is 0 Å². The van der Waals surface area contributed by atoms with Crippen LogP contribution < -0.4 is 0 Å². The SMILES string of the molecule is C1=C[C@H]2CC[C@@H](C1)N2Cc1ccccc1. The molecule has 0 aromatic heterocycles. The van der Waals surface area contributed by atoms with Gasteiger partial charge >= 0.3 is 0 Å². The van der Waals surface area contributed by atoms with Crippen LogP contribution in [0.15, 0.2) is 42.5 Å². The minimum atomic E-state index is 0.712. The Labute approximate surface area is 91.4 Å². The molecule has 0 spiro atoms. The van der Waals surface area contributed by atoms with Crippen molar-refractivity contribution in [3.05, 3.63) is 48.0 Å². The highest BCUT2D eigenvalue weighted by Gasteiger charge is 2.33. The summed E-state index contributed by atoms with van der Waals surface area (Å²) in [7, 11) is 0. The van der Waals surface area contributed by atoms with E-state index < -0.39 is 0 Å². The molecule has 1 aromatic carbocycles. The van der Waals surface area contributed by atoms with E-state index in [-0.39, 0.29) is 0 Å². The van der Waals surface area contributed by atoms with Crippen molar-refractivity contribution in [3.63, 3.8) is 0 Å². The second-order valence-corrected chi connectivity index (χ2v) is 4.62. The molecule has 1 fully saturated rings. The van der Waals surface area contributed by atoms with Gasteiger partial charge in [-0.15, -0.1) is 0 Å². The van der Waals surface area contributed by atoms with E-state index in [2.05, 4.69) is 47.4 Å². The highest BCUT2D eigenvalue weighted by Crippen LogP contribution is 2.32. The maximum Gasteiger partial charge on any atom is 0.0285 e. The lowest BCUT2D eigenvalue weighted by Gasteiger charge is -2.31. The fourth-order valence-corrected chi connectivity index (χ4v) is 2.86. The number of nitrogens with zero attached hydrogens (tertiary/aromatic N) is 1. The molecular formula is C14H17N. The smallest absolute Gasteiger partial charge is 0.0285 e. The maximum atomic E-state index is 2.66. The summed E-state index contributed by atoms with van der Waals surface area (Å²) < 4.78 is 0. The van der Waals surface area contributed by atoms with E-state index in [9.17, 15) is 0 Å².